The fourth-order valence-electron chi connectivity index (χ4n) is 2.68. The van der Waals surface area contributed by atoms with Gasteiger partial charge < -0.3 is 5.11 Å². The van der Waals surface area contributed by atoms with Gasteiger partial charge in [-0.05, 0) is 48.8 Å². The normalized spacial score (nSPS) is 16.9. The molecule has 0 aromatic heterocycles. The highest BCUT2D eigenvalue weighted by atomic mass is 32.2. The van der Waals surface area contributed by atoms with Crippen LogP contribution in [0.1, 0.15) is 36.0 Å². The van der Waals surface area contributed by atoms with Crippen molar-refractivity contribution in [2.24, 2.45) is 5.41 Å². The molecule has 0 atom stereocenters. The zero-order chi connectivity index (χ0) is 15.0. The molecule has 0 radical (unpaired) electrons. The van der Waals surface area contributed by atoms with Crippen molar-refractivity contribution in [1.29, 1.82) is 0 Å². The van der Waals surface area contributed by atoms with Crippen molar-refractivity contribution < 1.29 is 18.3 Å². The molecular weight excluding hydrogens is 276 g/mol. The summed E-state index contributed by atoms with van der Waals surface area (Å²) in [6, 6.07) is 5.72. The molecule has 0 saturated heterocycles. The lowest BCUT2D eigenvalue weighted by molar-refractivity contribution is -0.138. The Hall–Kier alpha value is -1.36. The first kappa shape index (κ1) is 15.0. The van der Waals surface area contributed by atoms with Gasteiger partial charge in [-0.1, -0.05) is 18.2 Å². The molecule has 1 aliphatic rings. The van der Waals surface area contributed by atoms with Gasteiger partial charge in [0.15, 0.2) is 9.84 Å². The molecule has 4 nitrogen and oxygen atoms in total. The molecule has 20 heavy (non-hydrogen) atoms. The van der Waals surface area contributed by atoms with Crippen LogP contribution in [0.15, 0.2) is 18.2 Å². The monoisotopic (exact) mass is 296 g/mol. The Balaban J connectivity index is 2.14. The molecule has 1 aromatic rings. The second-order valence-corrected chi connectivity index (χ2v) is 8.04. The van der Waals surface area contributed by atoms with Crippen molar-refractivity contribution in [2.45, 2.75) is 38.9 Å². The molecule has 0 amide bonds. The maximum atomic E-state index is 12.3. The van der Waals surface area contributed by atoms with E-state index in [1.807, 2.05) is 32.0 Å². The van der Waals surface area contributed by atoms with Crippen LogP contribution in [-0.4, -0.2) is 25.2 Å². The van der Waals surface area contributed by atoms with E-state index in [-0.39, 0.29) is 17.9 Å². The number of carboxylic acids is 1. The summed E-state index contributed by atoms with van der Waals surface area (Å²) >= 11 is 0. The largest absolute Gasteiger partial charge is 0.481 e. The summed E-state index contributed by atoms with van der Waals surface area (Å²) in [6.45, 7) is 3.81. The van der Waals surface area contributed by atoms with Crippen molar-refractivity contribution in [1.82, 2.24) is 0 Å². The Morgan fingerprint density at radius 1 is 1.25 bits per heavy atom. The average molecular weight is 296 g/mol. The van der Waals surface area contributed by atoms with Gasteiger partial charge in [-0.2, -0.15) is 0 Å². The van der Waals surface area contributed by atoms with Gasteiger partial charge in [-0.3, -0.25) is 4.79 Å². The van der Waals surface area contributed by atoms with Crippen molar-refractivity contribution in [3.8, 4) is 0 Å². The van der Waals surface area contributed by atoms with Gasteiger partial charge in [0.2, 0.25) is 0 Å². The quantitative estimate of drug-likeness (QED) is 0.875. The maximum Gasteiger partial charge on any atom is 0.303 e. The summed E-state index contributed by atoms with van der Waals surface area (Å²) < 4.78 is 24.7. The summed E-state index contributed by atoms with van der Waals surface area (Å²) in [4.78, 5) is 10.8. The van der Waals surface area contributed by atoms with Crippen LogP contribution in [0.5, 0.6) is 0 Å². The number of aryl methyl sites for hydroxylation is 2. The third-order valence-corrected chi connectivity index (χ3v) is 5.80. The molecule has 1 saturated carbocycles. The molecule has 1 aromatic carbocycles. The van der Waals surface area contributed by atoms with Gasteiger partial charge in [0.25, 0.3) is 0 Å². The summed E-state index contributed by atoms with van der Waals surface area (Å²) in [7, 11) is -3.28. The van der Waals surface area contributed by atoms with E-state index in [4.69, 9.17) is 5.11 Å². The molecule has 0 heterocycles. The van der Waals surface area contributed by atoms with Gasteiger partial charge in [-0.15, -0.1) is 0 Å². The number of hydrogen-bond donors (Lipinski definition) is 1. The van der Waals surface area contributed by atoms with Gasteiger partial charge in [0.1, 0.15) is 0 Å². The lowest BCUT2D eigenvalue weighted by Crippen LogP contribution is -2.22. The van der Waals surface area contributed by atoms with Crippen LogP contribution in [0.2, 0.25) is 0 Å². The molecule has 110 valence electrons. The zero-order valence-corrected chi connectivity index (χ0v) is 12.7. The Morgan fingerprint density at radius 3 is 2.25 bits per heavy atom. The van der Waals surface area contributed by atoms with Crippen molar-refractivity contribution >= 4 is 15.8 Å². The van der Waals surface area contributed by atoms with Gasteiger partial charge in [-0.25, -0.2) is 8.42 Å². The van der Waals surface area contributed by atoms with Gasteiger partial charge in [0.05, 0.1) is 17.9 Å². The number of benzene rings is 1. The molecule has 0 aliphatic heterocycles. The van der Waals surface area contributed by atoms with Crippen LogP contribution in [0.3, 0.4) is 0 Å². The van der Waals surface area contributed by atoms with E-state index in [0.717, 1.165) is 16.7 Å². The van der Waals surface area contributed by atoms with Crippen molar-refractivity contribution in [2.75, 3.05) is 5.75 Å². The van der Waals surface area contributed by atoms with Crippen LogP contribution in [0, 0.1) is 19.3 Å². The highest BCUT2D eigenvalue weighted by Crippen LogP contribution is 2.50. The van der Waals surface area contributed by atoms with E-state index < -0.39 is 21.2 Å². The number of carboxylic acid groups (broad SMARTS) is 1. The molecule has 0 bridgehead atoms. The number of hydrogen-bond acceptors (Lipinski definition) is 3. The zero-order valence-electron chi connectivity index (χ0n) is 11.8. The first-order valence-corrected chi connectivity index (χ1v) is 8.53. The molecule has 5 heteroatoms. The van der Waals surface area contributed by atoms with Gasteiger partial charge >= 0.3 is 5.97 Å². The van der Waals surface area contributed by atoms with Crippen LogP contribution < -0.4 is 0 Å². The number of aliphatic carboxylic acids is 1. The van der Waals surface area contributed by atoms with E-state index in [2.05, 4.69) is 0 Å². The van der Waals surface area contributed by atoms with Crippen LogP contribution in [-0.2, 0) is 20.4 Å². The fourth-order valence-corrected chi connectivity index (χ4v) is 5.00. The first-order chi connectivity index (χ1) is 9.23. The maximum absolute atomic E-state index is 12.3. The van der Waals surface area contributed by atoms with E-state index in [1.165, 1.54) is 0 Å². The van der Waals surface area contributed by atoms with Gasteiger partial charge in [0, 0.05) is 0 Å². The molecule has 0 unspecified atom stereocenters. The lowest BCUT2D eigenvalue weighted by atomic mass is 10.1. The number of rotatable bonds is 6. The minimum atomic E-state index is -3.28. The summed E-state index contributed by atoms with van der Waals surface area (Å²) in [5.74, 6) is -0.919. The topological polar surface area (TPSA) is 71.4 Å². The summed E-state index contributed by atoms with van der Waals surface area (Å²) in [6.07, 6.45) is 1.36. The van der Waals surface area contributed by atoms with E-state index >= 15 is 0 Å². The SMILES string of the molecule is Cc1cccc(C)c1CS(=O)(=O)CC1(CC(=O)O)CC1. The molecule has 0 spiro atoms. The number of carbonyl (C=O) groups is 1. The predicted octanol–water partition coefficient (Wildman–Crippen LogP) is 2.47. The van der Waals surface area contributed by atoms with E-state index in [9.17, 15) is 13.2 Å². The van der Waals surface area contributed by atoms with E-state index in [1.54, 1.807) is 0 Å². The van der Waals surface area contributed by atoms with Crippen LogP contribution >= 0.6 is 0 Å². The molecule has 1 N–H and O–H groups in total. The Labute approximate surface area is 119 Å². The van der Waals surface area contributed by atoms with Crippen LogP contribution in [0.4, 0.5) is 0 Å². The smallest absolute Gasteiger partial charge is 0.303 e. The molecule has 1 fully saturated rings. The Bertz CT molecular complexity index is 607. The Morgan fingerprint density at radius 2 is 1.80 bits per heavy atom. The fraction of sp³-hybridized carbons (Fsp3) is 0.533. The third-order valence-electron chi connectivity index (χ3n) is 4.02. The summed E-state index contributed by atoms with van der Waals surface area (Å²) in [5.41, 5.74) is 2.27. The minimum absolute atomic E-state index is 0.00682. The second kappa shape index (κ2) is 5.20. The molecule has 1 aliphatic carbocycles. The molecule has 2 rings (SSSR count). The molecular formula is C15H20O4S. The highest BCUT2D eigenvalue weighted by molar-refractivity contribution is 7.90. The average Bonchev–Trinajstić information content (AvgIpc) is 3.01. The Kier molecular flexibility index (Phi) is 3.91. The second-order valence-electron chi connectivity index (χ2n) is 5.97. The lowest BCUT2D eigenvalue weighted by Gasteiger charge is -2.15. The third kappa shape index (κ3) is 3.60. The van der Waals surface area contributed by atoms with Crippen LogP contribution in [0.25, 0.3) is 0 Å². The van der Waals surface area contributed by atoms with Crippen molar-refractivity contribution in [3.63, 3.8) is 0 Å². The predicted molar refractivity (Wildman–Crippen MR) is 77.3 cm³/mol. The summed E-state index contributed by atoms with van der Waals surface area (Å²) in [5, 5.41) is 8.87. The van der Waals surface area contributed by atoms with Crippen molar-refractivity contribution in [3.05, 3.63) is 34.9 Å². The van der Waals surface area contributed by atoms with E-state index in [0.29, 0.717) is 12.8 Å². The standard InChI is InChI=1S/C15H20O4S/c1-11-4-3-5-12(2)13(11)9-20(18,19)10-15(6-7-15)8-14(16)17/h3-5H,6-10H2,1-2H3,(H,16,17). The minimum Gasteiger partial charge on any atom is -0.481 e. The highest BCUT2D eigenvalue weighted by Gasteiger charge is 2.47. The number of sulfone groups is 1. The first-order valence-electron chi connectivity index (χ1n) is 6.70.